The maximum Gasteiger partial charge on any atom is 0.228 e. The van der Waals surface area contributed by atoms with Gasteiger partial charge in [0, 0.05) is 6.04 Å². The summed E-state index contributed by atoms with van der Waals surface area (Å²) in [6, 6.07) is 17.2. The zero-order valence-corrected chi connectivity index (χ0v) is 19.6. The number of fused-ring (bicyclic) bond motifs is 1. The molecule has 1 heterocycles. The molecule has 2 aromatic carbocycles. The Balaban J connectivity index is 1.56. The number of rotatable bonds is 6. The van der Waals surface area contributed by atoms with Gasteiger partial charge in [-0.1, -0.05) is 87.6 Å². The highest BCUT2D eigenvalue weighted by atomic mass is 16.2. The average molecular weight is 444 g/mol. The van der Waals surface area contributed by atoms with Crippen LogP contribution in [0.15, 0.2) is 55.1 Å². The van der Waals surface area contributed by atoms with Crippen LogP contribution in [0.4, 0.5) is 11.4 Å². The highest BCUT2D eigenvalue weighted by Crippen LogP contribution is 2.48. The highest BCUT2D eigenvalue weighted by Gasteiger charge is 2.51. The van der Waals surface area contributed by atoms with Gasteiger partial charge in [-0.15, -0.1) is 0 Å². The number of carbonyl (C=O) groups is 1. The van der Waals surface area contributed by atoms with Crippen LogP contribution in [-0.2, 0) is 10.5 Å². The minimum Gasteiger partial charge on any atom is -0.357 e. The van der Waals surface area contributed by atoms with E-state index in [4.69, 9.17) is 0 Å². The topological polar surface area (TPSA) is 53.2 Å². The first kappa shape index (κ1) is 22.1. The van der Waals surface area contributed by atoms with Crippen molar-refractivity contribution in [2.45, 2.75) is 75.9 Å². The van der Waals surface area contributed by atoms with E-state index in [0.717, 1.165) is 48.2 Å². The maximum atomic E-state index is 14.1. The first-order chi connectivity index (χ1) is 16.2. The second kappa shape index (κ2) is 9.62. The van der Waals surface area contributed by atoms with Crippen LogP contribution in [0.25, 0.3) is 6.08 Å². The van der Waals surface area contributed by atoms with Crippen LogP contribution in [0.5, 0.6) is 0 Å². The van der Waals surface area contributed by atoms with Crippen LogP contribution in [0, 0.1) is 11.8 Å². The SMILES string of the molecule is C=Cc1ccc(C2(C(C(=O)NC3CCCCC3)C3CCCCC3)Nc3ccccc3N2)cc1. The van der Waals surface area contributed by atoms with Gasteiger partial charge in [0.05, 0.1) is 17.3 Å². The molecule has 0 radical (unpaired) electrons. The molecule has 0 bridgehead atoms. The molecule has 174 valence electrons. The van der Waals surface area contributed by atoms with Crippen molar-refractivity contribution in [2.24, 2.45) is 11.8 Å². The molecule has 5 rings (SSSR count). The summed E-state index contributed by atoms with van der Waals surface area (Å²) in [5, 5.41) is 11.1. The predicted octanol–water partition coefficient (Wildman–Crippen LogP) is 6.67. The lowest BCUT2D eigenvalue weighted by Gasteiger charge is -2.44. The Bertz CT molecular complexity index is 946. The van der Waals surface area contributed by atoms with E-state index in [9.17, 15) is 4.79 Å². The summed E-state index contributed by atoms with van der Waals surface area (Å²) >= 11 is 0. The van der Waals surface area contributed by atoms with Gasteiger partial charge in [0.25, 0.3) is 0 Å². The maximum absolute atomic E-state index is 14.1. The Morgan fingerprint density at radius 3 is 2.03 bits per heavy atom. The van der Waals surface area contributed by atoms with Gasteiger partial charge in [-0.05, 0) is 54.9 Å². The smallest absolute Gasteiger partial charge is 0.228 e. The Morgan fingerprint density at radius 2 is 1.45 bits per heavy atom. The number of nitrogens with one attached hydrogen (secondary N) is 3. The number of hydrogen-bond donors (Lipinski definition) is 3. The van der Waals surface area contributed by atoms with Crippen LogP contribution in [0.1, 0.15) is 75.3 Å². The summed E-state index contributed by atoms with van der Waals surface area (Å²) in [7, 11) is 0. The molecule has 1 aliphatic heterocycles. The molecule has 3 N–H and O–H groups in total. The molecule has 1 amide bonds. The molecule has 1 unspecified atom stereocenters. The average Bonchev–Trinajstić information content (AvgIpc) is 3.25. The molecular weight excluding hydrogens is 406 g/mol. The number of hydrogen-bond acceptors (Lipinski definition) is 3. The number of para-hydroxylation sites is 2. The summed E-state index contributed by atoms with van der Waals surface area (Å²) < 4.78 is 0. The minimum absolute atomic E-state index is 0.193. The molecule has 1 atom stereocenters. The Morgan fingerprint density at radius 1 is 0.879 bits per heavy atom. The van der Waals surface area contributed by atoms with E-state index in [0.29, 0.717) is 12.0 Å². The van der Waals surface area contributed by atoms with Gasteiger partial charge in [0.15, 0.2) is 0 Å². The lowest BCUT2D eigenvalue weighted by molar-refractivity contribution is -0.130. The van der Waals surface area contributed by atoms with Crippen LogP contribution >= 0.6 is 0 Å². The highest BCUT2D eigenvalue weighted by molar-refractivity contribution is 5.86. The van der Waals surface area contributed by atoms with E-state index in [-0.39, 0.29) is 11.8 Å². The van der Waals surface area contributed by atoms with Crippen LogP contribution < -0.4 is 16.0 Å². The molecule has 2 aliphatic carbocycles. The fourth-order valence-electron chi connectivity index (χ4n) is 6.29. The Kier molecular flexibility index (Phi) is 6.43. The molecule has 0 saturated heterocycles. The second-order valence-corrected chi connectivity index (χ2v) is 10.1. The number of anilines is 2. The van der Waals surface area contributed by atoms with E-state index in [2.05, 4.69) is 71.1 Å². The fraction of sp³-hybridized carbons (Fsp3) is 0.483. The Labute approximate surface area is 198 Å². The second-order valence-electron chi connectivity index (χ2n) is 10.1. The lowest BCUT2D eigenvalue weighted by Crippen LogP contribution is -2.56. The van der Waals surface area contributed by atoms with E-state index in [1.165, 1.54) is 38.5 Å². The molecule has 0 aromatic heterocycles. The summed E-state index contributed by atoms with van der Waals surface area (Å²) in [5.74, 6) is 0.354. The molecule has 0 spiro atoms. The van der Waals surface area contributed by atoms with E-state index >= 15 is 0 Å². The van der Waals surface area contributed by atoms with Crippen LogP contribution in [0.3, 0.4) is 0 Å². The quantitative estimate of drug-likeness (QED) is 0.467. The third kappa shape index (κ3) is 4.40. The van der Waals surface area contributed by atoms with Crippen LogP contribution in [-0.4, -0.2) is 11.9 Å². The van der Waals surface area contributed by atoms with Gasteiger partial charge < -0.3 is 16.0 Å². The standard InChI is InChI=1S/C29H37N3O/c1-2-21-17-19-23(20-18-21)29(31-25-15-9-10-16-26(25)32-29)27(22-11-5-3-6-12-22)28(33)30-24-13-7-4-8-14-24/h2,9-10,15-20,22,24,27,31-32H,1,3-8,11-14H2,(H,30,33). The predicted molar refractivity (Wildman–Crippen MR) is 137 cm³/mol. The zero-order valence-electron chi connectivity index (χ0n) is 19.6. The third-order valence-electron chi connectivity index (χ3n) is 8.01. The lowest BCUT2D eigenvalue weighted by atomic mass is 9.71. The first-order valence-corrected chi connectivity index (χ1v) is 12.9. The van der Waals surface area contributed by atoms with Crippen molar-refractivity contribution >= 4 is 23.4 Å². The molecule has 4 nitrogen and oxygen atoms in total. The minimum atomic E-state index is -0.663. The van der Waals surface area contributed by atoms with E-state index in [1.54, 1.807) is 0 Å². The number of amides is 1. The molecule has 33 heavy (non-hydrogen) atoms. The normalized spacial score (nSPS) is 21.3. The molecule has 3 aliphatic rings. The number of carbonyl (C=O) groups excluding carboxylic acids is 1. The Hall–Kier alpha value is -2.75. The molecule has 2 aromatic rings. The van der Waals surface area contributed by atoms with Crippen molar-refractivity contribution in [2.75, 3.05) is 10.6 Å². The number of benzene rings is 2. The van der Waals surface area contributed by atoms with Gasteiger partial charge in [0.1, 0.15) is 5.66 Å². The van der Waals surface area contributed by atoms with Crippen molar-refractivity contribution < 1.29 is 4.79 Å². The summed E-state index contributed by atoms with van der Waals surface area (Å²) in [6.07, 6.45) is 13.7. The summed E-state index contributed by atoms with van der Waals surface area (Å²) in [6.45, 7) is 3.91. The first-order valence-electron chi connectivity index (χ1n) is 12.9. The zero-order chi connectivity index (χ0) is 22.7. The van der Waals surface area contributed by atoms with E-state index < -0.39 is 5.66 Å². The van der Waals surface area contributed by atoms with E-state index in [1.807, 2.05) is 6.08 Å². The molecular formula is C29H37N3O. The van der Waals surface area contributed by atoms with Gasteiger partial charge in [0.2, 0.25) is 5.91 Å². The molecule has 2 saturated carbocycles. The van der Waals surface area contributed by atoms with Gasteiger partial charge in [-0.3, -0.25) is 4.79 Å². The largest absolute Gasteiger partial charge is 0.357 e. The van der Waals surface area contributed by atoms with Gasteiger partial charge in [-0.25, -0.2) is 0 Å². The van der Waals surface area contributed by atoms with Crippen molar-refractivity contribution in [3.8, 4) is 0 Å². The monoisotopic (exact) mass is 443 g/mol. The molecule has 4 heteroatoms. The third-order valence-corrected chi connectivity index (χ3v) is 8.01. The molecule has 2 fully saturated rings. The fourth-order valence-corrected chi connectivity index (χ4v) is 6.29. The summed E-state index contributed by atoms with van der Waals surface area (Å²) in [5.41, 5.74) is 3.67. The van der Waals surface area contributed by atoms with Crippen molar-refractivity contribution in [1.82, 2.24) is 5.32 Å². The summed E-state index contributed by atoms with van der Waals surface area (Å²) in [4.78, 5) is 14.1. The van der Waals surface area contributed by atoms with Crippen molar-refractivity contribution in [1.29, 1.82) is 0 Å². The van der Waals surface area contributed by atoms with Crippen molar-refractivity contribution in [3.05, 3.63) is 66.2 Å². The van der Waals surface area contributed by atoms with Gasteiger partial charge in [-0.2, -0.15) is 0 Å². The van der Waals surface area contributed by atoms with Gasteiger partial charge >= 0.3 is 0 Å². The van der Waals surface area contributed by atoms with Crippen LogP contribution in [0.2, 0.25) is 0 Å². The van der Waals surface area contributed by atoms with Crippen molar-refractivity contribution in [3.63, 3.8) is 0 Å².